The van der Waals surface area contributed by atoms with E-state index in [4.69, 9.17) is 4.74 Å². The van der Waals surface area contributed by atoms with Crippen molar-refractivity contribution in [3.05, 3.63) is 50.7 Å². The Bertz CT molecular complexity index is 849. The van der Waals surface area contributed by atoms with E-state index in [0.29, 0.717) is 5.56 Å². The quantitative estimate of drug-likeness (QED) is 0.560. The largest absolute Gasteiger partial charge is 0.453 e. The Hall–Kier alpha value is -2.47. The van der Waals surface area contributed by atoms with E-state index in [0.717, 1.165) is 26.6 Å². The van der Waals surface area contributed by atoms with Gasteiger partial charge in [-0.1, -0.05) is 18.2 Å². The highest BCUT2D eigenvalue weighted by Gasteiger charge is 2.20. The molecule has 2 aromatic rings. The molecule has 1 aromatic carbocycles. The Morgan fingerprint density at radius 3 is 2.26 bits per heavy atom. The van der Waals surface area contributed by atoms with Gasteiger partial charge in [-0.25, -0.2) is 0 Å². The number of hydrogen-bond donors (Lipinski definition) is 1. The highest BCUT2D eigenvalue weighted by atomic mass is 32.1. The molecule has 2 rings (SSSR count). The summed E-state index contributed by atoms with van der Waals surface area (Å²) in [7, 11) is 0. The fourth-order valence-electron chi connectivity index (χ4n) is 2.80. The van der Waals surface area contributed by atoms with Crippen LogP contribution < -0.4 is 5.32 Å². The standard InChI is InChI=1S/C21H25NO4S/c1-12-7-6-8-13(2)20(12)22-21(25)15(4)26-19(24)10-9-18(23)17-11-14(3)27-16(17)5/h6-8,11,15H,9-10H2,1-5H3,(H,22,25). The van der Waals surface area contributed by atoms with Crippen LogP contribution in [-0.4, -0.2) is 23.8 Å². The smallest absolute Gasteiger partial charge is 0.307 e. The third kappa shape index (κ3) is 5.50. The van der Waals surface area contributed by atoms with Crippen LogP contribution in [0.4, 0.5) is 5.69 Å². The van der Waals surface area contributed by atoms with Gasteiger partial charge in [-0.3, -0.25) is 14.4 Å². The molecule has 0 spiro atoms. The number of ketones is 1. The molecular formula is C21H25NO4S. The topological polar surface area (TPSA) is 72.5 Å². The van der Waals surface area contributed by atoms with Crippen LogP contribution in [0.2, 0.25) is 0 Å². The zero-order valence-corrected chi connectivity index (χ0v) is 17.2. The van der Waals surface area contributed by atoms with Crippen LogP contribution in [0.15, 0.2) is 24.3 Å². The van der Waals surface area contributed by atoms with Crippen molar-refractivity contribution in [1.82, 2.24) is 0 Å². The van der Waals surface area contributed by atoms with Crippen molar-refractivity contribution in [3.63, 3.8) is 0 Å². The van der Waals surface area contributed by atoms with Gasteiger partial charge in [-0.05, 0) is 51.8 Å². The minimum Gasteiger partial charge on any atom is -0.453 e. The molecular weight excluding hydrogens is 362 g/mol. The van der Waals surface area contributed by atoms with E-state index in [1.54, 1.807) is 11.3 Å². The minimum absolute atomic E-state index is 0.0474. The van der Waals surface area contributed by atoms with Crippen LogP contribution >= 0.6 is 11.3 Å². The van der Waals surface area contributed by atoms with Gasteiger partial charge in [0.05, 0.1) is 6.42 Å². The summed E-state index contributed by atoms with van der Waals surface area (Å²) >= 11 is 1.56. The summed E-state index contributed by atoms with van der Waals surface area (Å²) in [6, 6.07) is 7.56. The number of rotatable bonds is 7. The molecule has 0 radical (unpaired) electrons. The number of carbonyl (C=O) groups excluding carboxylic acids is 3. The van der Waals surface area contributed by atoms with Crippen LogP contribution in [0, 0.1) is 27.7 Å². The monoisotopic (exact) mass is 387 g/mol. The molecule has 1 atom stereocenters. The van der Waals surface area contributed by atoms with Gasteiger partial charge in [0.25, 0.3) is 5.91 Å². The number of thiophene rings is 1. The first-order chi connectivity index (χ1) is 12.7. The number of hydrogen-bond acceptors (Lipinski definition) is 5. The summed E-state index contributed by atoms with van der Waals surface area (Å²) < 4.78 is 5.19. The first kappa shape index (κ1) is 20.8. The van der Waals surface area contributed by atoms with Crippen LogP contribution in [0.1, 0.15) is 51.0 Å². The fraction of sp³-hybridized carbons (Fsp3) is 0.381. The summed E-state index contributed by atoms with van der Waals surface area (Å²) in [5, 5.41) is 2.80. The lowest BCUT2D eigenvalue weighted by molar-refractivity contribution is -0.153. The number of anilines is 1. The number of ether oxygens (including phenoxy) is 1. The van der Waals surface area contributed by atoms with E-state index in [-0.39, 0.29) is 18.6 Å². The van der Waals surface area contributed by atoms with Gasteiger partial charge >= 0.3 is 5.97 Å². The number of nitrogens with one attached hydrogen (secondary N) is 1. The van der Waals surface area contributed by atoms with Crippen molar-refractivity contribution in [2.75, 3.05) is 5.32 Å². The second kappa shape index (κ2) is 8.95. The van der Waals surface area contributed by atoms with Gasteiger partial charge in [0.15, 0.2) is 11.9 Å². The number of Topliss-reactive ketones (excluding diaryl/α,β-unsaturated/α-hetero) is 1. The Morgan fingerprint density at radius 1 is 1.07 bits per heavy atom. The van der Waals surface area contributed by atoms with Crippen molar-refractivity contribution in [2.24, 2.45) is 0 Å². The highest BCUT2D eigenvalue weighted by Crippen LogP contribution is 2.22. The van der Waals surface area contributed by atoms with Crippen LogP contribution in [-0.2, 0) is 14.3 Å². The van der Waals surface area contributed by atoms with E-state index < -0.39 is 18.0 Å². The summed E-state index contributed by atoms with van der Waals surface area (Å²) in [5.41, 5.74) is 3.26. The summed E-state index contributed by atoms with van der Waals surface area (Å²) in [4.78, 5) is 38.6. The maximum absolute atomic E-state index is 12.3. The van der Waals surface area contributed by atoms with E-state index in [9.17, 15) is 14.4 Å². The van der Waals surface area contributed by atoms with Gasteiger partial charge in [-0.15, -0.1) is 11.3 Å². The van der Waals surface area contributed by atoms with Crippen molar-refractivity contribution in [3.8, 4) is 0 Å². The number of aryl methyl sites for hydroxylation is 4. The Balaban J connectivity index is 1.87. The molecule has 0 fully saturated rings. The maximum atomic E-state index is 12.3. The second-order valence-electron chi connectivity index (χ2n) is 6.64. The number of esters is 1. The Kier molecular flexibility index (Phi) is 6.91. The molecule has 1 heterocycles. The van der Waals surface area contributed by atoms with E-state index >= 15 is 0 Å². The Labute approximate surface area is 163 Å². The zero-order valence-electron chi connectivity index (χ0n) is 16.3. The first-order valence-electron chi connectivity index (χ1n) is 8.85. The SMILES string of the molecule is Cc1cc(C(=O)CCC(=O)OC(C)C(=O)Nc2c(C)cccc2C)c(C)s1. The zero-order chi connectivity index (χ0) is 20.1. The molecule has 0 bridgehead atoms. The van der Waals surface area contributed by atoms with Gasteiger partial charge < -0.3 is 10.1 Å². The fourth-order valence-corrected chi connectivity index (χ4v) is 3.75. The third-order valence-corrected chi connectivity index (χ3v) is 5.27. The molecule has 0 aliphatic rings. The average molecular weight is 388 g/mol. The van der Waals surface area contributed by atoms with Gasteiger partial charge in [-0.2, -0.15) is 0 Å². The number of carbonyl (C=O) groups is 3. The molecule has 0 saturated carbocycles. The van der Waals surface area contributed by atoms with E-state index in [2.05, 4.69) is 5.32 Å². The number of para-hydroxylation sites is 1. The molecule has 1 unspecified atom stereocenters. The van der Waals surface area contributed by atoms with Gasteiger partial charge in [0.2, 0.25) is 0 Å². The lowest BCUT2D eigenvalue weighted by Gasteiger charge is -2.16. The molecule has 0 aliphatic heterocycles. The van der Waals surface area contributed by atoms with E-state index in [1.807, 2.05) is 52.0 Å². The highest BCUT2D eigenvalue weighted by molar-refractivity contribution is 7.12. The number of amides is 1. The van der Waals surface area contributed by atoms with Crippen molar-refractivity contribution in [1.29, 1.82) is 0 Å². The molecule has 144 valence electrons. The minimum atomic E-state index is -0.934. The molecule has 1 aromatic heterocycles. The lowest BCUT2D eigenvalue weighted by atomic mass is 10.1. The van der Waals surface area contributed by atoms with Crippen LogP contribution in [0.3, 0.4) is 0 Å². The van der Waals surface area contributed by atoms with Crippen LogP contribution in [0.25, 0.3) is 0 Å². The second-order valence-corrected chi connectivity index (χ2v) is 8.10. The maximum Gasteiger partial charge on any atom is 0.307 e. The lowest BCUT2D eigenvalue weighted by Crippen LogP contribution is -2.30. The van der Waals surface area contributed by atoms with Crippen molar-refractivity contribution >= 4 is 34.7 Å². The van der Waals surface area contributed by atoms with Crippen molar-refractivity contribution in [2.45, 2.75) is 53.6 Å². The summed E-state index contributed by atoms with van der Waals surface area (Å²) in [5.74, 6) is -1.03. The average Bonchev–Trinajstić information content (AvgIpc) is 2.94. The predicted molar refractivity (Wildman–Crippen MR) is 107 cm³/mol. The predicted octanol–water partition coefficient (Wildman–Crippen LogP) is 4.52. The first-order valence-corrected chi connectivity index (χ1v) is 9.67. The summed E-state index contributed by atoms with van der Waals surface area (Å²) in [6.45, 7) is 9.16. The van der Waals surface area contributed by atoms with Crippen molar-refractivity contribution < 1.29 is 19.1 Å². The molecule has 1 N–H and O–H groups in total. The Morgan fingerprint density at radius 2 is 1.70 bits per heavy atom. The van der Waals surface area contributed by atoms with Gasteiger partial charge in [0.1, 0.15) is 0 Å². The third-order valence-electron chi connectivity index (χ3n) is 4.30. The molecule has 1 amide bonds. The van der Waals surface area contributed by atoms with E-state index in [1.165, 1.54) is 6.92 Å². The molecule has 0 aliphatic carbocycles. The molecule has 5 nitrogen and oxygen atoms in total. The van der Waals surface area contributed by atoms with Gasteiger partial charge in [0, 0.05) is 27.4 Å². The molecule has 6 heteroatoms. The summed E-state index contributed by atoms with van der Waals surface area (Å²) in [6.07, 6.45) is -0.910. The molecule has 27 heavy (non-hydrogen) atoms. The van der Waals surface area contributed by atoms with Crippen LogP contribution in [0.5, 0.6) is 0 Å². The normalized spacial score (nSPS) is 11.7. The molecule has 0 saturated heterocycles. The number of benzene rings is 1.